The average Bonchev–Trinajstić information content (AvgIpc) is 2.32. The lowest BCUT2D eigenvalue weighted by Crippen LogP contribution is -2.52. The maximum atomic E-state index is 12.2. The van der Waals surface area contributed by atoms with Gasteiger partial charge < -0.3 is 0 Å². The van der Waals surface area contributed by atoms with Crippen LogP contribution in [0.3, 0.4) is 0 Å². The molecule has 0 radical (unpaired) electrons. The second-order valence-corrected chi connectivity index (χ2v) is 20.4. The first-order valence-electron chi connectivity index (χ1n) is 7.04. The molecule has 0 unspecified atom stereocenters. The monoisotopic (exact) mass is 322 g/mol. The molecular formula is C16H26OSSi2. The summed E-state index contributed by atoms with van der Waals surface area (Å²) in [5.41, 5.74) is 1.08. The summed E-state index contributed by atoms with van der Waals surface area (Å²) in [6, 6.07) is 10.0. The van der Waals surface area contributed by atoms with E-state index in [2.05, 4.69) is 39.3 Å². The van der Waals surface area contributed by atoms with Crippen molar-refractivity contribution in [1.82, 2.24) is 0 Å². The predicted molar refractivity (Wildman–Crippen MR) is 98.6 cm³/mol. The molecule has 110 valence electrons. The number of benzene rings is 1. The number of carbonyl (C=O) groups excluding carboxylic acids is 1. The molecule has 1 nitrogen and oxygen atoms in total. The minimum absolute atomic E-state index is 0.198. The second-order valence-electron chi connectivity index (χ2n) is 7.29. The summed E-state index contributed by atoms with van der Waals surface area (Å²) in [5, 5.41) is 0.198. The fourth-order valence-electron chi connectivity index (χ4n) is 2.54. The molecule has 0 spiro atoms. The zero-order valence-electron chi connectivity index (χ0n) is 13.4. The van der Waals surface area contributed by atoms with Crippen molar-refractivity contribution in [2.24, 2.45) is 0 Å². The van der Waals surface area contributed by atoms with Gasteiger partial charge in [-0.3, -0.25) is 4.79 Å². The largest absolute Gasteiger partial charge is 0.282 e. The number of carbonyl (C=O) groups is 1. The summed E-state index contributed by atoms with van der Waals surface area (Å²) in [5.74, 6) is 0. The number of rotatable bonds is 5. The van der Waals surface area contributed by atoms with Crippen LogP contribution >= 0.6 is 11.8 Å². The smallest absolute Gasteiger partial charge is 0.211 e. The Balaban J connectivity index is 2.76. The summed E-state index contributed by atoms with van der Waals surface area (Å²) in [7, 11) is -2.65. The molecule has 0 aromatic heterocycles. The van der Waals surface area contributed by atoms with Crippen molar-refractivity contribution >= 4 is 39.1 Å². The van der Waals surface area contributed by atoms with Gasteiger partial charge >= 0.3 is 0 Å². The van der Waals surface area contributed by atoms with Gasteiger partial charge in [-0.1, -0.05) is 87.5 Å². The Morgan fingerprint density at radius 2 is 1.50 bits per heavy atom. The van der Waals surface area contributed by atoms with Crippen molar-refractivity contribution in [3.63, 3.8) is 0 Å². The molecule has 0 saturated carbocycles. The van der Waals surface area contributed by atoms with E-state index in [-0.39, 0.29) is 5.12 Å². The predicted octanol–water partition coefficient (Wildman–Crippen LogP) is 5.08. The summed E-state index contributed by atoms with van der Waals surface area (Å²) in [4.78, 5) is 12.2. The minimum atomic E-state index is -1.32. The first-order valence-corrected chi connectivity index (χ1v) is 15.1. The van der Waals surface area contributed by atoms with Gasteiger partial charge in [0.15, 0.2) is 0 Å². The number of thioether (sulfide) groups is 1. The zero-order chi connectivity index (χ0) is 15.4. The van der Waals surface area contributed by atoms with E-state index in [0.717, 1.165) is 5.56 Å². The lowest BCUT2D eigenvalue weighted by Gasteiger charge is -2.36. The maximum absolute atomic E-state index is 12.2. The van der Waals surface area contributed by atoms with Crippen molar-refractivity contribution in [1.29, 1.82) is 0 Å². The Kier molecular flexibility index (Phi) is 6.04. The molecule has 0 aliphatic carbocycles. The van der Waals surface area contributed by atoms with Crippen LogP contribution in [-0.2, 0) is 4.79 Å². The first kappa shape index (κ1) is 17.5. The zero-order valence-corrected chi connectivity index (χ0v) is 16.3. The number of hydrogen-bond donors (Lipinski definition) is 0. The molecule has 0 bridgehead atoms. The van der Waals surface area contributed by atoms with Crippen molar-refractivity contribution in [3.05, 3.63) is 42.0 Å². The van der Waals surface area contributed by atoms with E-state index in [1.165, 1.54) is 0 Å². The highest BCUT2D eigenvalue weighted by molar-refractivity contribution is 8.17. The molecule has 0 atom stereocenters. The van der Waals surface area contributed by atoms with E-state index in [1.54, 1.807) is 17.8 Å². The molecule has 0 heterocycles. The van der Waals surface area contributed by atoms with Crippen molar-refractivity contribution in [3.8, 4) is 0 Å². The molecule has 0 N–H and O–H groups in total. The normalized spacial score (nSPS) is 13.2. The van der Waals surface area contributed by atoms with Crippen molar-refractivity contribution in [2.75, 3.05) is 0 Å². The van der Waals surface area contributed by atoms with Gasteiger partial charge in [0.05, 0.1) is 16.1 Å². The van der Waals surface area contributed by atoms with Crippen LogP contribution in [0.1, 0.15) is 5.56 Å². The molecule has 0 aliphatic heterocycles. The third-order valence-corrected chi connectivity index (χ3v) is 16.9. The van der Waals surface area contributed by atoms with E-state index in [0.29, 0.717) is 4.50 Å². The van der Waals surface area contributed by atoms with E-state index < -0.39 is 16.1 Å². The van der Waals surface area contributed by atoms with Crippen LogP contribution in [0.5, 0.6) is 0 Å². The lowest BCUT2D eigenvalue weighted by atomic mass is 10.2. The van der Waals surface area contributed by atoms with Crippen LogP contribution in [-0.4, -0.2) is 25.8 Å². The second kappa shape index (κ2) is 6.92. The van der Waals surface area contributed by atoms with E-state index in [4.69, 9.17) is 0 Å². The van der Waals surface area contributed by atoms with Gasteiger partial charge in [0.2, 0.25) is 5.12 Å². The lowest BCUT2D eigenvalue weighted by molar-refractivity contribution is -0.107. The Hall–Kier alpha value is -0.586. The Labute approximate surface area is 129 Å². The Morgan fingerprint density at radius 1 is 1.00 bits per heavy atom. The highest BCUT2D eigenvalue weighted by Gasteiger charge is 2.39. The van der Waals surface area contributed by atoms with Gasteiger partial charge in [0, 0.05) is 4.50 Å². The van der Waals surface area contributed by atoms with Gasteiger partial charge in [0.25, 0.3) is 0 Å². The summed E-state index contributed by atoms with van der Waals surface area (Å²) < 4.78 is 0.558. The molecule has 0 aliphatic rings. The molecule has 20 heavy (non-hydrogen) atoms. The average molecular weight is 323 g/mol. The van der Waals surface area contributed by atoms with Gasteiger partial charge in [-0.05, 0) is 11.6 Å². The van der Waals surface area contributed by atoms with Gasteiger partial charge in [-0.25, -0.2) is 0 Å². The molecule has 0 fully saturated rings. The third-order valence-electron chi connectivity index (χ3n) is 3.02. The molecule has 1 aromatic carbocycles. The standard InChI is InChI=1S/C16H26OSSi2/c1-19(2,3)16(20(4,5)6)18-15(17)13-12-14-10-8-7-9-11-14/h7-13,16H,1-6H3/b13-12+. The van der Waals surface area contributed by atoms with Crippen molar-refractivity contribution in [2.45, 2.75) is 43.8 Å². The molecular weight excluding hydrogens is 296 g/mol. The minimum Gasteiger partial charge on any atom is -0.282 e. The van der Waals surface area contributed by atoms with Crippen LogP contribution in [0, 0.1) is 0 Å². The molecule has 0 saturated heterocycles. The van der Waals surface area contributed by atoms with Gasteiger partial charge in [-0.15, -0.1) is 0 Å². The molecule has 4 heteroatoms. The number of hydrogen-bond acceptors (Lipinski definition) is 2. The van der Waals surface area contributed by atoms with Crippen LogP contribution in [0.4, 0.5) is 0 Å². The van der Waals surface area contributed by atoms with Crippen LogP contribution < -0.4 is 0 Å². The topological polar surface area (TPSA) is 17.1 Å². The van der Waals surface area contributed by atoms with E-state index >= 15 is 0 Å². The summed E-state index contributed by atoms with van der Waals surface area (Å²) >= 11 is 1.58. The maximum Gasteiger partial charge on any atom is 0.211 e. The summed E-state index contributed by atoms with van der Waals surface area (Å²) in [6.45, 7) is 14.2. The Morgan fingerprint density at radius 3 is 1.95 bits per heavy atom. The van der Waals surface area contributed by atoms with Crippen LogP contribution in [0.25, 0.3) is 6.08 Å². The third kappa shape index (κ3) is 5.81. The van der Waals surface area contributed by atoms with Crippen LogP contribution in [0.15, 0.2) is 36.4 Å². The van der Waals surface area contributed by atoms with E-state index in [1.807, 2.05) is 36.4 Å². The fraction of sp³-hybridized carbons (Fsp3) is 0.438. The SMILES string of the molecule is C[Si](C)(C)C(SC(=O)/C=C/c1ccccc1)[Si](C)(C)C. The first-order chi connectivity index (χ1) is 9.10. The van der Waals surface area contributed by atoms with Crippen molar-refractivity contribution < 1.29 is 4.79 Å². The van der Waals surface area contributed by atoms with Crippen LogP contribution in [0.2, 0.25) is 39.3 Å². The molecule has 1 aromatic rings. The highest BCUT2D eigenvalue weighted by Crippen LogP contribution is 2.31. The Bertz CT molecular complexity index is 455. The molecule has 0 amide bonds. The summed E-state index contributed by atoms with van der Waals surface area (Å²) in [6.07, 6.45) is 3.65. The highest BCUT2D eigenvalue weighted by atomic mass is 32.2. The van der Waals surface area contributed by atoms with E-state index in [9.17, 15) is 4.79 Å². The van der Waals surface area contributed by atoms with Gasteiger partial charge in [-0.2, -0.15) is 0 Å². The fourth-order valence-corrected chi connectivity index (χ4v) is 16.8. The quantitative estimate of drug-likeness (QED) is 0.555. The molecule has 1 rings (SSSR count). The van der Waals surface area contributed by atoms with Gasteiger partial charge in [0.1, 0.15) is 0 Å².